The second-order valence-corrected chi connectivity index (χ2v) is 7.42. The van der Waals surface area contributed by atoms with Gasteiger partial charge in [-0.3, -0.25) is 0 Å². The molecule has 0 amide bonds. The van der Waals surface area contributed by atoms with E-state index < -0.39 is 22.4 Å². The molecule has 4 nitrogen and oxygen atoms in total. The van der Waals surface area contributed by atoms with E-state index >= 15 is 0 Å². The van der Waals surface area contributed by atoms with Gasteiger partial charge in [-0.25, -0.2) is 12.8 Å². The fourth-order valence-electron chi connectivity index (χ4n) is 1.69. The van der Waals surface area contributed by atoms with Gasteiger partial charge in [0.05, 0.1) is 16.5 Å². The number of halogens is 2. The first-order valence-electron chi connectivity index (χ1n) is 6.19. The number of sulfonamides is 1. The minimum atomic E-state index is -3.83. The summed E-state index contributed by atoms with van der Waals surface area (Å²) >= 11 is 5.66. The smallest absolute Gasteiger partial charge is 0.243 e. The molecule has 0 saturated heterocycles. The Morgan fingerprint density at radius 3 is 2.35 bits per heavy atom. The Bertz CT molecular complexity index is 590. The minimum Gasteiger partial charge on any atom is -0.392 e. The third kappa shape index (κ3) is 3.31. The zero-order chi connectivity index (χ0) is 15.7. The fraction of sp³-hybridized carbons (Fsp3) is 0.538. The normalized spacial score (nSPS) is 14.1. The molecule has 0 spiro atoms. The van der Waals surface area contributed by atoms with Crippen molar-refractivity contribution in [1.29, 1.82) is 0 Å². The Balaban J connectivity index is 3.33. The van der Waals surface area contributed by atoms with Crippen molar-refractivity contribution >= 4 is 21.6 Å². The standard InChI is InChI=1S/C13H19ClFNO3S/c1-8(2)9(3)16(4)20(18,19)11-5-10(7-17)13(14)12(15)6-11/h5-6,8-9,17H,7H2,1-4H3. The minimum absolute atomic E-state index is 0.0517. The van der Waals surface area contributed by atoms with Crippen molar-refractivity contribution in [2.24, 2.45) is 5.92 Å². The summed E-state index contributed by atoms with van der Waals surface area (Å²) in [7, 11) is -2.38. The molecule has 1 atom stereocenters. The van der Waals surface area contributed by atoms with Crippen LogP contribution in [0.3, 0.4) is 0 Å². The molecule has 0 saturated carbocycles. The van der Waals surface area contributed by atoms with E-state index in [0.29, 0.717) is 0 Å². The predicted molar refractivity (Wildman–Crippen MR) is 76.6 cm³/mol. The zero-order valence-electron chi connectivity index (χ0n) is 11.9. The summed E-state index contributed by atoms with van der Waals surface area (Å²) < 4.78 is 39.7. The number of rotatable bonds is 5. The van der Waals surface area contributed by atoms with Crippen LogP contribution in [0.15, 0.2) is 17.0 Å². The highest BCUT2D eigenvalue weighted by Gasteiger charge is 2.28. The van der Waals surface area contributed by atoms with Crippen molar-refractivity contribution in [2.45, 2.75) is 38.3 Å². The van der Waals surface area contributed by atoms with Gasteiger partial charge in [0.1, 0.15) is 5.82 Å². The van der Waals surface area contributed by atoms with E-state index in [1.54, 1.807) is 6.92 Å². The molecular formula is C13H19ClFNO3S. The molecule has 1 N–H and O–H groups in total. The van der Waals surface area contributed by atoms with E-state index in [0.717, 1.165) is 6.07 Å². The predicted octanol–water partition coefficient (Wildman–Crippen LogP) is 2.64. The van der Waals surface area contributed by atoms with Crippen LogP contribution in [0, 0.1) is 11.7 Å². The average Bonchev–Trinajstić information content (AvgIpc) is 2.39. The van der Waals surface area contributed by atoms with E-state index in [1.807, 2.05) is 13.8 Å². The SMILES string of the molecule is CC(C)C(C)N(C)S(=O)(=O)c1cc(F)c(Cl)c(CO)c1. The topological polar surface area (TPSA) is 57.6 Å². The van der Waals surface area contributed by atoms with Gasteiger partial charge in [-0.2, -0.15) is 4.31 Å². The van der Waals surface area contributed by atoms with Gasteiger partial charge in [-0.15, -0.1) is 0 Å². The molecule has 7 heteroatoms. The van der Waals surface area contributed by atoms with E-state index in [1.165, 1.54) is 17.4 Å². The summed E-state index contributed by atoms with van der Waals surface area (Å²) in [6.07, 6.45) is 0. The molecule has 0 bridgehead atoms. The van der Waals surface area contributed by atoms with Crippen LogP contribution in [-0.2, 0) is 16.6 Å². The molecule has 114 valence electrons. The van der Waals surface area contributed by atoms with Gasteiger partial charge in [-0.1, -0.05) is 25.4 Å². The average molecular weight is 324 g/mol. The summed E-state index contributed by atoms with van der Waals surface area (Å²) in [6, 6.07) is 1.83. The highest BCUT2D eigenvalue weighted by atomic mass is 35.5. The van der Waals surface area contributed by atoms with Crippen molar-refractivity contribution in [3.8, 4) is 0 Å². The molecule has 0 aliphatic carbocycles. The van der Waals surface area contributed by atoms with Crippen molar-refractivity contribution in [1.82, 2.24) is 4.31 Å². The van der Waals surface area contributed by atoms with Crippen LogP contribution in [0.5, 0.6) is 0 Å². The third-order valence-electron chi connectivity index (χ3n) is 3.46. The Hall–Kier alpha value is -0.690. The van der Waals surface area contributed by atoms with Crippen molar-refractivity contribution < 1.29 is 17.9 Å². The summed E-state index contributed by atoms with van der Waals surface area (Å²) in [4.78, 5) is -0.210. The lowest BCUT2D eigenvalue weighted by Crippen LogP contribution is -2.38. The zero-order valence-corrected chi connectivity index (χ0v) is 13.5. The van der Waals surface area contributed by atoms with Crippen molar-refractivity contribution in [2.75, 3.05) is 7.05 Å². The first kappa shape index (κ1) is 17.4. The Morgan fingerprint density at radius 1 is 1.35 bits per heavy atom. The van der Waals surface area contributed by atoms with Crippen molar-refractivity contribution in [3.63, 3.8) is 0 Å². The summed E-state index contributed by atoms with van der Waals surface area (Å²) in [5.74, 6) is -0.744. The fourth-order valence-corrected chi connectivity index (χ4v) is 3.41. The van der Waals surface area contributed by atoms with Gasteiger partial charge in [0.15, 0.2) is 0 Å². The molecule has 0 heterocycles. The quantitative estimate of drug-likeness (QED) is 0.906. The lowest BCUT2D eigenvalue weighted by atomic mass is 10.1. The maximum atomic E-state index is 13.7. The van der Waals surface area contributed by atoms with E-state index in [9.17, 15) is 12.8 Å². The molecular weight excluding hydrogens is 305 g/mol. The van der Waals surface area contributed by atoms with Crippen LogP contribution < -0.4 is 0 Å². The van der Waals surface area contributed by atoms with Gasteiger partial charge in [-0.05, 0) is 25.0 Å². The molecule has 0 fully saturated rings. The molecule has 0 aliphatic heterocycles. The second-order valence-electron chi connectivity index (χ2n) is 5.04. The molecule has 1 unspecified atom stereocenters. The first-order valence-corrected chi connectivity index (χ1v) is 8.01. The Kier molecular flexibility index (Phi) is 5.54. The second kappa shape index (κ2) is 6.39. The van der Waals surface area contributed by atoms with Gasteiger partial charge < -0.3 is 5.11 Å². The molecule has 0 aliphatic rings. The molecule has 1 rings (SSSR count). The Morgan fingerprint density at radius 2 is 1.90 bits per heavy atom. The maximum Gasteiger partial charge on any atom is 0.243 e. The number of aliphatic hydroxyl groups excluding tert-OH is 1. The largest absolute Gasteiger partial charge is 0.392 e. The molecule has 20 heavy (non-hydrogen) atoms. The maximum absolute atomic E-state index is 13.7. The third-order valence-corrected chi connectivity index (χ3v) is 5.81. The van der Waals surface area contributed by atoms with Crippen LogP contribution in [0.25, 0.3) is 0 Å². The summed E-state index contributed by atoms with van der Waals surface area (Å²) in [5, 5.41) is 8.85. The van der Waals surface area contributed by atoms with Crippen LogP contribution in [0.4, 0.5) is 4.39 Å². The Labute approximate surface area is 124 Å². The molecule has 0 aromatic heterocycles. The highest BCUT2D eigenvalue weighted by Crippen LogP contribution is 2.27. The number of nitrogens with zero attached hydrogens (tertiary/aromatic N) is 1. The summed E-state index contributed by atoms with van der Waals surface area (Å²) in [5.41, 5.74) is 0.0517. The molecule has 1 aromatic rings. The van der Waals surface area contributed by atoms with E-state index in [2.05, 4.69) is 0 Å². The highest BCUT2D eigenvalue weighted by molar-refractivity contribution is 7.89. The molecule has 0 radical (unpaired) electrons. The monoisotopic (exact) mass is 323 g/mol. The van der Waals surface area contributed by atoms with E-state index in [-0.39, 0.29) is 27.4 Å². The van der Waals surface area contributed by atoms with E-state index in [4.69, 9.17) is 16.7 Å². The van der Waals surface area contributed by atoms with Crippen LogP contribution in [-0.4, -0.2) is 30.9 Å². The van der Waals surface area contributed by atoms with Gasteiger partial charge >= 0.3 is 0 Å². The molecule has 1 aromatic carbocycles. The lowest BCUT2D eigenvalue weighted by Gasteiger charge is -2.27. The van der Waals surface area contributed by atoms with Crippen LogP contribution >= 0.6 is 11.6 Å². The van der Waals surface area contributed by atoms with Gasteiger partial charge in [0.25, 0.3) is 0 Å². The first-order chi connectivity index (χ1) is 9.12. The van der Waals surface area contributed by atoms with Crippen LogP contribution in [0.1, 0.15) is 26.3 Å². The number of hydrogen-bond acceptors (Lipinski definition) is 3. The van der Waals surface area contributed by atoms with Crippen LogP contribution in [0.2, 0.25) is 5.02 Å². The van der Waals surface area contributed by atoms with Crippen molar-refractivity contribution in [3.05, 3.63) is 28.5 Å². The number of benzene rings is 1. The summed E-state index contributed by atoms with van der Waals surface area (Å²) in [6.45, 7) is 5.06. The van der Waals surface area contributed by atoms with Gasteiger partial charge in [0.2, 0.25) is 10.0 Å². The number of hydrogen-bond donors (Lipinski definition) is 1. The van der Waals surface area contributed by atoms with Gasteiger partial charge in [0, 0.05) is 18.7 Å². The lowest BCUT2D eigenvalue weighted by molar-refractivity contribution is 0.281. The number of aliphatic hydroxyl groups is 1.